The number of alkyl halides is 2. The summed E-state index contributed by atoms with van der Waals surface area (Å²) in [5.41, 5.74) is 0.818. The maximum Gasteiger partial charge on any atom is 0.255 e. The fourth-order valence-corrected chi connectivity index (χ4v) is 2.60. The second-order valence-corrected chi connectivity index (χ2v) is 5.98. The SMILES string of the molecule is Cc1ncc(C=CC(=O)N(Cc2ccccc2)CC(F)F)s1. The molecular formula is C16H16F2N2OS. The fourth-order valence-electron chi connectivity index (χ4n) is 1.92. The Labute approximate surface area is 131 Å². The molecule has 1 aromatic heterocycles. The number of carbonyl (C=O) groups excluding carboxylic acids is 1. The summed E-state index contributed by atoms with van der Waals surface area (Å²) >= 11 is 1.44. The summed E-state index contributed by atoms with van der Waals surface area (Å²) in [6, 6.07) is 9.09. The zero-order chi connectivity index (χ0) is 15.9. The maximum absolute atomic E-state index is 12.7. The molecular weight excluding hydrogens is 306 g/mol. The van der Waals surface area contributed by atoms with Gasteiger partial charge in [0, 0.05) is 23.7 Å². The van der Waals surface area contributed by atoms with Gasteiger partial charge >= 0.3 is 0 Å². The number of halogens is 2. The first kappa shape index (κ1) is 16.3. The molecule has 0 radical (unpaired) electrons. The van der Waals surface area contributed by atoms with Crippen LogP contribution in [0.2, 0.25) is 0 Å². The average Bonchev–Trinajstić information content (AvgIpc) is 2.90. The van der Waals surface area contributed by atoms with Gasteiger partial charge in [0.2, 0.25) is 5.91 Å². The Morgan fingerprint density at radius 3 is 2.68 bits per heavy atom. The van der Waals surface area contributed by atoms with Crippen LogP contribution >= 0.6 is 11.3 Å². The second-order valence-electron chi connectivity index (χ2n) is 4.71. The Balaban J connectivity index is 2.07. The molecule has 2 aromatic rings. The second kappa shape index (κ2) is 7.79. The van der Waals surface area contributed by atoms with Crippen LogP contribution in [0, 0.1) is 6.92 Å². The van der Waals surface area contributed by atoms with Gasteiger partial charge in [0.1, 0.15) is 0 Å². The van der Waals surface area contributed by atoms with E-state index in [0.717, 1.165) is 20.3 Å². The van der Waals surface area contributed by atoms with Crippen LogP contribution in [-0.2, 0) is 11.3 Å². The van der Waals surface area contributed by atoms with Crippen LogP contribution in [0.3, 0.4) is 0 Å². The lowest BCUT2D eigenvalue weighted by molar-refractivity contribution is -0.128. The van der Waals surface area contributed by atoms with E-state index in [1.165, 1.54) is 17.4 Å². The first-order valence-corrected chi connectivity index (χ1v) is 7.58. The Morgan fingerprint density at radius 2 is 2.09 bits per heavy atom. The zero-order valence-electron chi connectivity index (χ0n) is 12.1. The van der Waals surface area contributed by atoms with E-state index < -0.39 is 18.9 Å². The van der Waals surface area contributed by atoms with E-state index in [1.54, 1.807) is 12.3 Å². The van der Waals surface area contributed by atoms with Crippen LogP contribution in [0.5, 0.6) is 0 Å². The first-order chi connectivity index (χ1) is 10.5. The molecule has 0 aliphatic rings. The summed E-state index contributed by atoms with van der Waals surface area (Å²) < 4.78 is 25.4. The monoisotopic (exact) mass is 322 g/mol. The molecule has 1 amide bonds. The van der Waals surface area contributed by atoms with E-state index in [-0.39, 0.29) is 6.54 Å². The number of carbonyl (C=O) groups is 1. The number of aromatic nitrogens is 1. The van der Waals surface area contributed by atoms with Crippen molar-refractivity contribution < 1.29 is 13.6 Å². The van der Waals surface area contributed by atoms with Crippen molar-refractivity contribution in [2.45, 2.75) is 19.9 Å². The van der Waals surface area contributed by atoms with Crippen LogP contribution in [0.25, 0.3) is 6.08 Å². The quantitative estimate of drug-likeness (QED) is 0.759. The molecule has 0 bridgehead atoms. The minimum absolute atomic E-state index is 0.163. The summed E-state index contributed by atoms with van der Waals surface area (Å²) in [4.78, 5) is 18.2. The summed E-state index contributed by atoms with van der Waals surface area (Å²) in [7, 11) is 0. The lowest BCUT2D eigenvalue weighted by Gasteiger charge is -2.20. The van der Waals surface area contributed by atoms with E-state index in [0.29, 0.717) is 0 Å². The minimum atomic E-state index is -2.56. The predicted octanol–water partition coefficient (Wildman–Crippen LogP) is 3.76. The number of aryl methyl sites for hydroxylation is 1. The zero-order valence-corrected chi connectivity index (χ0v) is 12.9. The van der Waals surface area contributed by atoms with Crippen molar-refractivity contribution >= 4 is 23.3 Å². The van der Waals surface area contributed by atoms with Gasteiger partial charge in [-0.1, -0.05) is 30.3 Å². The fraction of sp³-hybridized carbons (Fsp3) is 0.250. The molecule has 0 atom stereocenters. The lowest BCUT2D eigenvalue weighted by atomic mass is 10.2. The highest BCUT2D eigenvalue weighted by molar-refractivity contribution is 7.12. The van der Waals surface area contributed by atoms with E-state index in [2.05, 4.69) is 4.98 Å². The Bertz CT molecular complexity index is 641. The maximum atomic E-state index is 12.7. The Hall–Kier alpha value is -2.08. The molecule has 2 rings (SSSR count). The van der Waals surface area contributed by atoms with Gasteiger partial charge in [-0.15, -0.1) is 11.3 Å². The third-order valence-corrected chi connectivity index (χ3v) is 3.79. The van der Waals surface area contributed by atoms with E-state index in [9.17, 15) is 13.6 Å². The molecule has 0 spiro atoms. The van der Waals surface area contributed by atoms with Gasteiger partial charge in [0.15, 0.2) is 0 Å². The molecule has 0 unspecified atom stereocenters. The largest absolute Gasteiger partial charge is 0.329 e. The number of hydrogen-bond acceptors (Lipinski definition) is 3. The van der Waals surface area contributed by atoms with Crippen LogP contribution in [0.15, 0.2) is 42.6 Å². The van der Waals surface area contributed by atoms with Crippen molar-refractivity contribution in [1.82, 2.24) is 9.88 Å². The highest BCUT2D eigenvalue weighted by atomic mass is 32.1. The number of benzene rings is 1. The Morgan fingerprint density at radius 1 is 1.36 bits per heavy atom. The van der Waals surface area contributed by atoms with Crippen LogP contribution < -0.4 is 0 Å². The number of rotatable bonds is 6. The molecule has 0 fully saturated rings. The first-order valence-electron chi connectivity index (χ1n) is 6.76. The van der Waals surface area contributed by atoms with Crippen molar-refractivity contribution in [2.24, 2.45) is 0 Å². The molecule has 0 N–H and O–H groups in total. The molecule has 22 heavy (non-hydrogen) atoms. The topological polar surface area (TPSA) is 33.2 Å². The van der Waals surface area contributed by atoms with Gasteiger partial charge < -0.3 is 4.90 Å². The summed E-state index contributed by atoms with van der Waals surface area (Å²) in [6.07, 6.45) is 2.01. The molecule has 0 aliphatic heterocycles. The lowest BCUT2D eigenvalue weighted by Crippen LogP contribution is -2.33. The van der Waals surface area contributed by atoms with Crippen molar-refractivity contribution in [3.8, 4) is 0 Å². The molecule has 1 aromatic carbocycles. The number of thiazole rings is 1. The standard InChI is InChI=1S/C16H16F2N2OS/c1-12-19-9-14(22-12)7-8-16(21)20(11-15(17)18)10-13-5-3-2-4-6-13/h2-9,15H,10-11H2,1H3. The summed E-state index contributed by atoms with van der Waals surface area (Å²) in [5.74, 6) is -0.435. The number of amides is 1. The van der Waals surface area contributed by atoms with Crippen molar-refractivity contribution in [2.75, 3.05) is 6.54 Å². The molecule has 1 heterocycles. The van der Waals surface area contributed by atoms with Crippen molar-refractivity contribution in [3.05, 3.63) is 58.1 Å². The van der Waals surface area contributed by atoms with Gasteiger partial charge in [-0.05, 0) is 18.6 Å². The average molecular weight is 322 g/mol. The Kier molecular flexibility index (Phi) is 5.77. The normalized spacial score (nSPS) is 11.3. The molecule has 6 heteroatoms. The predicted molar refractivity (Wildman–Crippen MR) is 83.7 cm³/mol. The van der Waals surface area contributed by atoms with E-state index in [1.807, 2.05) is 37.3 Å². The van der Waals surface area contributed by atoms with E-state index in [4.69, 9.17) is 0 Å². The van der Waals surface area contributed by atoms with Crippen LogP contribution in [-0.4, -0.2) is 28.8 Å². The van der Waals surface area contributed by atoms with Gasteiger partial charge in [0.25, 0.3) is 6.43 Å². The summed E-state index contributed by atoms with van der Waals surface area (Å²) in [5, 5.41) is 0.890. The van der Waals surface area contributed by atoms with Gasteiger partial charge in [-0.25, -0.2) is 13.8 Å². The van der Waals surface area contributed by atoms with E-state index >= 15 is 0 Å². The van der Waals surface area contributed by atoms with Crippen LogP contribution in [0.4, 0.5) is 8.78 Å². The minimum Gasteiger partial charge on any atom is -0.329 e. The molecule has 0 saturated carbocycles. The molecule has 0 saturated heterocycles. The highest BCUT2D eigenvalue weighted by Gasteiger charge is 2.16. The van der Waals surface area contributed by atoms with Gasteiger partial charge in [-0.3, -0.25) is 4.79 Å². The van der Waals surface area contributed by atoms with Crippen molar-refractivity contribution in [1.29, 1.82) is 0 Å². The van der Waals surface area contributed by atoms with Gasteiger partial charge in [-0.2, -0.15) is 0 Å². The van der Waals surface area contributed by atoms with Gasteiger partial charge in [0.05, 0.1) is 11.6 Å². The molecule has 3 nitrogen and oxygen atoms in total. The van der Waals surface area contributed by atoms with Crippen LogP contribution in [0.1, 0.15) is 15.4 Å². The molecule has 116 valence electrons. The number of nitrogens with zero attached hydrogens (tertiary/aromatic N) is 2. The summed E-state index contributed by atoms with van der Waals surface area (Å²) in [6.45, 7) is 1.44. The third kappa shape index (κ3) is 5.04. The third-order valence-electron chi connectivity index (χ3n) is 2.92. The number of hydrogen-bond donors (Lipinski definition) is 0. The highest BCUT2D eigenvalue weighted by Crippen LogP contribution is 2.14. The van der Waals surface area contributed by atoms with Crippen molar-refractivity contribution in [3.63, 3.8) is 0 Å². The smallest absolute Gasteiger partial charge is 0.255 e. The molecule has 0 aliphatic carbocycles.